The molecule has 0 saturated carbocycles. The first kappa shape index (κ1) is 6.92. The van der Waals surface area contributed by atoms with E-state index in [1.165, 1.54) is 11.3 Å². The maximum atomic E-state index is 8.97. The molecule has 0 fully saturated rings. The predicted octanol–water partition coefficient (Wildman–Crippen LogP) is 1.86. The molecule has 1 rings (SSSR count). The van der Waals surface area contributed by atoms with Crippen molar-refractivity contribution in [2.45, 2.75) is 13.0 Å². The average Bonchev–Trinajstić information content (AvgIpc) is 2.14. The van der Waals surface area contributed by atoms with Gasteiger partial charge in [-0.2, -0.15) is 0 Å². The van der Waals surface area contributed by atoms with Crippen LogP contribution in [0, 0.1) is 3.95 Å². The van der Waals surface area contributed by atoms with Gasteiger partial charge in [0.25, 0.3) is 0 Å². The van der Waals surface area contributed by atoms with Crippen LogP contribution in [-0.2, 0) is 0 Å². The maximum Gasteiger partial charge on any atom is 0.158 e. The largest absolute Gasteiger partial charge is 0.387 e. The smallest absolute Gasteiger partial charge is 0.158 e. The van der Waals surface area contributed by atoms with Crippen LogP contribution in [0.4, 0.5) is 0 Å². The lowest BCUT2D eigenvalue weighted by molar-refractivity contribution is 0.195. The van der Waals surface area contributed by atoms with Crippen LogP contribution in [0.25, 0.3) is 0 Å². The second-order valence-electron chi connectivity index (χ2n) is 1.78. The van der Waals surface area contributed by atoms with E-state index in [0.717, 1.165) is 5.69 Å². The Hall–Kier alpha value is -0.190. The van der Waals surface area contributed by atoms with E-state index in [0.29, 0.717) is 3.95 Å². The van der Waals surface area contributed by atoms with Gasteiger partial charge in [0, 0.05) is 5.38 Å². The van der Waals surface area contributed by atoms with Gasteiger partial charge in [-0.25, -0.2) is 0 Å². The van der Waals surface area contributed by atoms with E-state index in [2.05, 4.69) is 4.98 Å². The number of aliphatic hydroxyl groups excluding tert-OH is 1. The molecule has 0 saturated heterocycles. The number of thiazole rings is 1. The summed E-state index contributed by atoms with van der Waals surface area (Å²) in [5.74, 6) is 0. The highest BCUT2D eigenvalue weighted by atomic mass is 32.1. The molecule has 0 aliphatic carbocycles. The summed E-state index contributed by atoms with van der Waals surface area (Å²) in [6.45, 7) is 1.70. The van der Waals surface area contributed by atoms with Gasteiger partial charge < -0.3 is 10.1 Å². The number of hydrogen-bond donors (Lipinski definition) is 2. The summed E-state index contributed by atoms with van der Waals surface area (Å²) in [4.78, 5) is 2.86. The first-order valence-electron chi connectivity index (χ1n) is 2.56. The van der Waals surface area contributed by atoms with Crippen molar-refractivity contribution in [3.05, 3.63) is 15.0 Å². The summed E-state index contributed by atoms with van der Waals surface area (Å²) < 4.78 is 0.714. The van der Waals surface area contributed by atoms with Gasteiger partial charge in [-0.05, 0) is 19.1 Å². The van der Waals surface area contributed by atoms with Crippen molar-refractivity contribution >= 4 is 23.6 Å². The first-order chi connectivity index (χ1) is 4.20. The Morgan fingerprint density at radius 1 is 1.89 bits per heavy atom. The van der Waals surface area contributed by atoms with Gasteiger partial charge in [-0.3, -0.25) is 0 Å². The zero-order valence-corrected chi connectivity index (χ0v) is 6.55. The molecule has 0 amide bonds. The Bertz CT molecular complexity index is 237. The average molecular weight is 161 g/mol. The molecule has 0 radical (unpaired) electrons. The number of nitrogens with one attached hydrogen (secondary N) is 1. The molecule has 2 nitrogen and oxygen atoms in total. The Balaban J connectivity index is 2.98. The second-order valence-corrected chi connectivity index (χ2v) is 3.33. The third-order valence-electron chi connectivity index (χ3n) is 0.989. The van der Waals surface area contributed by atoms with Crippen LogP contribution in [0.2, 0.25) is 0 Å². The van der Waals surface area contributed by atoms with Crippen LogP contribution >= 0.6 is 23.6 Å². The molecule has 2 N–H and O–H groups in total. The van der Waals surface area contributed by atoms with E-state index >= 15 is 0 Å². The number of H-pyrrole nitrogens is 1. The second kappa shape index (κ2) is 2.60. The molecule has 1 heterocycles. The first-order valence-corrected chi connectivity index (χ1v) is 3.84. The lowest BCUT2D eigenvalue weighted by Gasteiger charge is -1.95. The van der Waals surface area contributed by atoms with Crippen LogP contribution in [0.1, 0.15) is 18.7 Å². The van der Waals surface area contributed by atoms with Crippen LogP contribution in [-0.4, -0.2) is 10.1 Å². The van der Waals surface area contributed by atoms with Gasteiger partial charge in [0.2, 0.25) is 0 Å². The summed E-state index contributed by atoms with van der Waals surface area (Å²) >= 11 is 6.24. The standard InChI is InChI=1S/C5H7NOS2/c1-3(7)4-2-9-5(8)6-4/h2-3,7H,1H3,(H,6,8). The lowest BCUT2D eigenvalue weighted by Crippen LogP contribution is -1.88. The number of hydrogen-bond acceptors (Lipinski definition) is 3. The van der Waals surface area contributed by atoms with E-state index in [4.69, 9.17) is 17.3 Å². The van der Waals surface area contributed by atoms with Gasteiger partial charge >= 0.3 is 0 Å². The van der Waals surface area contributed by atoms with Crippen LogP contribution in [0.15, 0.2) is 5.38 Å². The van der Waals surface area contributed by atoms with Gasteiger partial charge in [0.1, 0.15) is 0 Å². The summed E-state index contributed by atoms with van der Waals surface area (Å²) in [5, 5.41) is 10.8. The highest BCUT2D eigenvalue weighted by Gasteiger charge is 1.99. The van der Waals surface area contributed by atoms with Crippen molar-refractivity contribution in [2.24, 2.45) is 0 Å². The number of aromatic nitrogens is 1. The molecule has 50 valence electrons. The molecule has 1 aromatic rings. The third kappa shape index (κ3) is 1.61. The minimum atomic E-state index is -0.432. The minimum absolute atomic E-state index is 0.432. The zero-order valence-electron chi connectivity index (χ0n) is 4.92. The summed E-state index contributed by atoms with van der Waals surface area (Å²) in [5.41, 5.74) is 0.796. The summed E-state index contributed by atoms with van der Waals surface area (Å²) in [6, 6.07) is 0. The van der Waals surface area contributed by atoms with E-state index < -0.39 is 6.10 Å². The Labute approximate surface area is 62.2 Å². The topological polar surface area (TPSA) is 36.0 Å². The van der Waals surface area contributed by atoms with Gasteiger partial charge in [0.15, 0.2) is 3.95 Å². The molecule has 0 bridgehead atoms. The van der Waals surface area contributed by atoms with Crippen LogP contribution < -0.4 is 0 Å². The minimum Gasteiger partial charge on any atom is -0.387 e. The molecule has 0 aromatic carbocycles. The van der Waals surface area contributed by atoms with Crippen molar-refractivity contribution in [1.82, 2.24) is 4.98 Å². The fourth-order valence-corrected chi connectivity index (χ4v) is 1.43. The number of aromatic amines is 1. The highest BCUT2D eigenvalue weighted by Crippen LogP contribution is 2.12. The number of aliphatic hydroxyl groups is 1. The SMILES string of the molecule is CC(O)c1csc(=S)[nH]1. The molecule has 0 spiro atoms. The maximum absolute atomic E-state index is 8.97. The molecule has 9 heavy (non-hydrogen) atoms. The third-order valence-corrected chi connectivity index (χ3v) is 2.07. The fraction of sp³-hybridized carbons (Fsp3) is 0.400. The zero-order chi connectivity index (χ0) is 6.85. The van der Waals surface area contributed by atoms with Crippen molar-refractivity contribution in [2.75, 3.05) is 0 Å². The van der Waals surface area contributed by atoms with Gasteiger partial charge in [-0.1, -0.05) is 0 Å². The van der Waals surface area contributed by atoms with E-state index in [9.17, 15) is 0 Å². The molecule has 4 heteroatoms. The summed E-state index contributed by atoms with van der Waals surface area (Å²) in [6.07, 6.45) is -0.432. The van der Waals surface area contributed by atoms with Crippen LogP contribution in [0.5, 0.6) is 0 Å². The van der Waals surface area contributed by atoms with Crippen molar-refractivity contribution in [1.29, 1.82) is 0 Å². The Morgan fingerprint density at radius 2 is 2.56 bits per heavy atom. The fourth-order valence-electron chi connectivity index (χ4n) is 0.497. The van der Waals surface area contributed by atoms with Crippen LogP contribution in [0.3, 0.4) is 0 Å². The van der Waals surface area contributed by atoms with E-state index in [-0.39, 0.29) is 0 Å². The predicted molar refractivity (Wildman–Crippen MR) is 40.1 cm³/mol. The van der Waals surface area contributed by atoms with Gasteiger partial charge in [0.05, 0.1) is 11.8 Å². The van der Waals surface area contributed by atoms with Crippen molar-refractivity contribution < 1.29 is 5.11 Å². The molecule has 1 unspecified atom stereocenters. The van der Waals surface area contributed by atoms with Crippen molar-refractivity contribution in [3.8, 4) is 0 Å². The Morgan fingerprint density at radius 3 is 2.78 bits per heavy atom. The summed E-state index contributed by atoms with van der Waals surface area (Å²) in [7, 11) is 0. The van der Waals surface area contributed by atoms with E-state index in [1.807, 2.05) is 5.38 Å². The molecular formula is C5H7NOS2. The van der Waals surface area contributed by atoms with E-state index in [1.54, 1.807) is 6.92 Å². The quantitative estimate of drug-likeness (QED) is 0.617. The lowest BCUT2D eigenvalue weighted by atomic mass is 10.3. The molecule has 0 aliphatic rings. The molecular weight excluding hydrogens is 154 g/mol. The molecule has 1 aromatic heterocycles. The molecule has 1 atom stereocenters. The monoisotopic (exact) mass is 161 g/mol. The normalized spacial score (nSPS) is 13.6. The highest BCUT2D eigenvalue weighted by molar-refractivity contribution is 7.73. The Kier molecular flexibility index (Phi) is 2.00. The van der Waals surface area contributed by atoms with Crippen molar-refractivity contribution in [3.63, 3.8) is 0 Å². The molecule has 0 aliphatic heterocycles. The van der Waals surface area contributed by atoms with Gasteiger partial charge in [-0.15, -0.1) is 11.3 Å². The number of rotatable bonds is 1.